The Hall–Kier alpha value is -4.09. The summed E-state index contributed by atoms with van der Waals surface area (Å²) >= 11 is 5.77. The molecule has 0 saturated carbocycles. The van der Waals surface area contributed by atoms with E-state index in [-0.39, 0.29) is 16.4 Å². The number of carboxylic acid groups (broad SMARTS) is 2. The zero-order valence-corrected chi connectivity index (χ0v) is 32.3. The van der Waals surface area contributed by atoms with Gasteiger partial charge >= 0.3 is 11.9 Å². The molecule has 2 aliphatic rings. The molecule has 0 radical (unpaired) electrons. The van der Waals surface area contributed by atoms with Gasteiger partial charge < -0.3 is 10.2 Å². The molecule has 0 aliphatic heterocycles. The molecule has 0 aromatic heterocycles. The molecule has 0 spiro atoms. The average molecular weight is 691 g/mol. The number of carboxylic acids is 2. The molecule has 4 nitrogen and oxygen atoms in total. The van der Waals surface area contributed by atoms with Gasteiger partial charge in [-0.25, -0.2) is 9.59 Å². The van der Waals surface area contributed by atoms with Crippen molar-refractivity contribution in [3.8, 4) is 0 Å². The van der Waals surface area contributed by atoms with Crippen molar-refractivity contribution in [1.82, 2.24) is 0 Å². The molecule has 0 unspecified atom stereocenters. The molecule has 0 saturated heterocycles. The average Bonchev–Trinajstić information content (AvgIpc) is 3.06. The molecular formula is C45H54O4S. The standard InChI is InChI=1S/C23H26O2S.C15H22.C7H6O2/c1-14-12-18-19(23(4,5)11-10-22(18,2)3)13-17(14)20(26)15-6-8-16(9-7-15)21(24)25;1-11-6-7-12-13(10-11)15(4,5)9-8-14(12,2)3;8-7(9)6-4-2-1-3-5-6/h6-9,12-13H,10-11H2,1-5H3,(H,24,25);6-7,10H,8-9H2,1-5H3;1-5H,(H,8,9). The van der Waals surface area contributed by atoms with Gasteiger partial charge in [-0.15, -0.1) is 0 Å². The SMILES string of the molecule is Cc1cc2c(cc1C(=S)c1ccc(C(=O)O)cc1)C(C)(C)CCC2(C)C.Cc1ccc2c(c1)C(C)(C)CCC2(C)C.O=C(O)c1ccccc1. The van der Waals surface area contributed by atoms with Crippen LogP contribution in [0.4, 0.5) is 0 Å². The van der Waals surface area contributed by atoms with Crippen LogP contribution in [-0.4, -0.2) is 27.0 Å². The number of carbonyl (C=O) groups is 2. The lowest BCUT2D eigenvalue weighted by molar-refractivity contribution is 0.0686. The predicted octanol–water partition coefficient (Wildman–Crippen LogP) is 11.5. The molecule has 0 amide bonds. The number of rotatable bonds is 4. The minimum Gasteiger partial charge on any atom is -0.478 e. The number of thiocarbonyl (C=S) groups is 1. The molecule has 4 aromatic carbocycles. The Morgan fingerprint density at radius 2 is 0.920 bits per heavy atom. The van der Waals surface area contributed by atoms with Gasteiger partial charge in [0.1, 0.15) is 0 Å². The van der Waals surface area contributed by atoms with Crippen LogP contribution in [0.5, 0.6) is 0 Å². The molecule has 2 aliphatic carbocycles. The van der Waals surface area contributed by atoms with Crippen LogP contribution in [0.15, 0.2) is 84.9 Å². The van der Waals surface area contributed by atoms with Crippen LogP contribution in [0.2, 0.25) is 0 Å². The van der Waals surface area contributed by atoms with Gasteiger partial charge in [0.2, 0.25) is 0 Å². The van der Waals surface area contributed by atoms with Crippen LogP contribution in [-0.2, 0) is 21.7 Å². The fraction of sp³-hybridized carbons (Fsp3) is 0.400. The van der Waals surface area contributed by atoms with Gasteiger partial charge in [-0.05, 0) is 130 Å². The van der Waals surface area contributed by atoms with Crippen molar-refractivity contribution < 1.29 is 19.8 Å². The van der Waals surface area contributed by atoms with Gasteiger partial charge in [-0.2, -0.15) is 0 Å². The third-order valence-corrected chi connectivity index (χ3v) is 11.3. The highest BCUT2D eigenvalue weighted by Gasteiger charge is 2.38. The Bertz CT molecular complexity index is 1880. The maximum atomic E-state index is 11.1. The second-order valence-electron chi connectivity index (χ2n) is 16.7. The molecule has 2 N–H and O–H groups in total. The molecule has 4 aromatic rings. The summed E-state index contributed by atoms with van der Waals surface area (Å²) in [4.78, 5) is 22.0. The van der Waals surface area contributed by atoms with Gasteiger partial charge in [-0.3, -0.25) is 0 Å². The quantitative estimate of drug-likeness (QED) is 0.165. The largest absolute Gasteiger partial charge is 0.478 e. The predicted molar refractivity (Wildman–Crippen MR) is 211 cm³/mol. The van der Waals surface area contributed by atoms with Crippen LogP contribution in [0.3, 0.4) is 0 Å². The summed E-state index contributed by atoms with van der Waals surface area (Å²) in [6, 6.07) is 26.7. The van der Waals surface area contributed by atoms with E-state index in [1.165, 1.54) is 41.5 Å². The molecule has 0 atom stereocenters. The van der Waals surface area contributed by atoms with E-state index >= 15 is 0 Å². The summed E-state index contributed by atoms with van der Waals surface area (Å²) in [6.07, 6.45) is 4.95. The minimum absolute atomic E-state index is 0.135. The number of benzene rings is 4. The van der Waals surface area contributed by atoms with Gasteiger partial charge in [0.15, 0.2) is 0 Å². The second-order valence-corrected chi connectivity index (χ2v) is 17.1. The summed E-state index contributed by atoms with van der Waals surface area (Å²) in [5.41, 5.74) is 12.1. The van der Waals surface area contributed by atoms with Crippen LogP contribution in [0, 0.1) is 13.8 Å². The molecule has 6 rings (SSSR count). The summed E-state index contributed by atoms with van der Waals surface area (Å²) in [5, 5.41) is 17.5. The lowest BCUT2D eigenvalue weighted by Gasteiger charge is -2.42. The van der Waals surface area contributed by atoms with Crippen molar-refractivity contribution in [1.29, 1.82) is 0 Å². The van der Waals surface area contributed by atoms with E-state index in [9.17, 15) is 9.59 Å². The third-order valence-electron chi connectivity index (χ3n) is 10.9. The Labute approximate surface area is 305 Å². The Morgan fingerprint density at radius 3 is 1.38 bits per heavy atom. The Kier molecular flexibility index (Phi) is 11.3. The minimum atomic E-state index is -0.920. The number of aromatic carboxylic acids is 2. The van der Waals surface area contributed by atoms with Crippen molar-refractivity contribution in [3.63, 3.8) is 0 Å². The summed E-state index contributed by atoms with van der Waals surface area (Å²) < 4.78 is 0. The topological polar surface area (TPSA) is 74.6 Å². The molecular weight excluding hydrogens is 637 g/mol. The highest BCUT2D eigenvalue weighted by Crippen LogP contribution is 2.47. The third kappa shape index (κ3) is 8.61. The van der Waals surface area contributed by atoms with Crippen LogP contribution < -0.4 is 0 Å². The first kappa shape index (κ1) is 38.7. The van der Waals surface area contributed by atoms with E-state index < -0.39 is 11.9 Å². The lowest BCUT2D eigenvalue weighted by atomic mass is 9.62. The second kappa shape index (κ2) is 14.6. The molecule has 50 heavy (non-hydrogen) atoms. The number of hydrogen-bond acceptors (Lipinski definition) is 3. The maximum absolute atomic E-state index is 11.1. The van der Waals surface area contributed by atoms with E-state index in [4.69, 9.17) is 22.4 Å². The van der Waals surface area contributed by atoms with Crippen molar-refractivity contribution in [3.05, 3.63) is 141 Å². The monoisotopic (exact) mass is 690 g/mol. The smallest absolute Gasteiger partial charge is 0.335 e. The van der Waals surface area contributed by atoms with E-state index in [2.05, 4.69) is 99.6 Å². The first-order valence-electron chi connectivity index (χ1n) is 17.6. The van der Waals surface area contributed by atoms with Gasteiger partial charge in [0, 0.05) is 0 Å². The Balaban J connectivity index is 0.000000195. The summed E-state index contributed by atoms with van der Waals surface area (Å²) in [7, 11) is 0. The normalized spacial score (nSPS) is 17.3. The molecule has 0 fully saturated rings. The summed E-state index contributed by atoms with van der Waals surface area (Å²) in [5.74, 6) is -1.80. The van der Waals surface area contributed by atoms with Gasteiger partial charge in [-0.1, -0.05) is 128 Å². The summed E-state index contributed by atoms with van der Waals surface area (Å²) in [6.45, 7) is 23.1. The van der Waals surface area contributed by atoms with Crippen LogP contribution in [0.1, 0.15) is 146 Å². The maximum Gasteiger partial charge on any atom is 0.335 e. The fourth-order valence-electron chi connectivity index (χ4n) is 7.17. The zero-order chi connectivity index (χ0) is 37.2. The van der Waals surface area contributed by atoms with Gasteiger partial charge in [0.05, 0.1) is 16.0 Å². The lowest BCUT2D eigenvalue weighted by Crippen LogP contribution is -2.34. The fourth-order valence-corrected chi connectivity index (χ4v) is 7.53. The van der Waals surface area contributed by atoms with E-state index in [1.807, 2.05) is 0 Å². The first-order valence-corrected chi connectivity index (χ1v) is 18.0. The molecule has 0 bridgehead atoms. The molecule has 0 heterocycles. The number of hydrogen-bond donors (Lipinski definition) is 2. The first-order chi connectivity index (χ1) is 23.2. The highest BCUT2D eigenvalue weighted by molar-refractivity contribution is 7.81. The zero-order valence-electron chi connectivity index (χ0n) is 31.5. The van der Waals surface area contributed by atoms with Crippen LogP contribution in [0.25, 0.3) is 0 Å². The van der Waals surface area contributed by atoms with Crippen molar-refractivity contribution in [2.75, 3.05) is 0 Å². The van der Waals surface area contributed by atoms with Crippen LogP contribution >= 0.6 is 12.2 Å². The van der Waals surface area contributed by atoms with Crippen molar-refractivity contribution in [2.24, 2.45) is 0 Å². The van der Waals surface area contributed by atoms with E-state index in [0.29, 0.717) is 16.4 Å². The van der Waals surface area contributed by atoms with Gasteiger partial charge in [0.25, 0.3) is 0 Å². The molecule has 264 valence electrons. The molecule has 5 heteroatoms. The number of aryl methyl sites for hydroxylation is 2. The number of fused-ring (bicyclic) bond motifs is 2. The van der Waals surface area contributed by atoms with Crippen molar-refractivity contribution in [2.45, 2.75) is 117 Å². The Morgan fingerprint density at radius 1 is 0.520 bits per heavy atom. The highest BCUT2D eigenvalue weighted by atomic mass is 32.1. The van der Waals surface area contributed by atoms with E-state index in [1.54, 1.807) is 65.7 Å². The van der Waals surface area contributed by atoms with Crippen molar-refractivity contribution >= 4 is 29.0 Å². The van der Waals surface area contributed by atoms with E-state index in [0.717, 1.165) is 22.4 Å².